The standard InChI is InChI=1S/C18H23N3O3/c1-2-20-14-9-5-6-10-15(14)21(18(24)17(20)23)13-16(22)19-11-7-3-4-8-12-19/h5-6,9-10H,2-4,7-8,11-13H2,1H3. The molecular weight excluding hydrogens is 306 g/mol. The summed E-state index contributed by atoms with van der Waals surface area (Å²) in [5.74, 6) is -0.0854. The molecule has 2 heterocycles. The molecule has 6 nitrogen and oxygen atoms in total. The molecule has 6 heteroatoms. The number of likely N-dealkylation sites (tertiary alicyclic amines) is 1. The van der Waals surface area contributed by atoms with Gasteiger partial charge in [-0.2, -0.15) is 0 Å². The molecule has 1 aliphatic rings. The van der Waals surface area contributed by atoms with Crippen molar-refractivity contribution in [1.82, 2.24) is 14.0 Å². The third-order valence-corrected chi connectivity index (χ3v) is 4.70. The zero-order valence-electron chi connectivity index (χ0n) is 14.0. The lowest BCUT2D eigenvalue weighted by molar-refractivity contribution is -0.131. The first-order valence-electron chi connectivity index (χ1n) is 8.63. The van der Waals surface area contributed by atoms with E-state index in [0.29, 0.717) is 17.6 Å². The minimum Gasteiger partial charge on any atom is -0.341 e. The van der Waals surface area contributed by atoms with Crippen LogP contribution >= 0.6 is 0 Å². The molecule has 24 heavy (non-hydrogen) atoms. The SMILES string of the molecule is CCn1c(=O)c(=O)n(CC(=O)N2CCCCCC2)c2ccccc21. The number of fused-ring (bicyclic) bond motifs is 1. The van der Waals surface area contributed by atoms with Gasteiger partial charge in [0.1, 0.15) is 6.54 Å². The van der Waals surface area contributed by atoms with Crippen molar-refractivity contribution >= 4 is 16.9 Å². The predicted octanol–water partition coefficient (Wildman–Crippen LogP) is 1.59. The second kappa shape index (κ2) is 7.03. The Morgan fingerprint density at radius 2 is 1.46 bits per heavy atom. The van der Waals surface area contributed by atoms with Gasteiger partial charge in [0.05, 0.1) is 11.0 Å². The van der Waals surface area contributed by atoms with Gasteiger partial charge in [0, 0.05) is 19.6 Å². The number of carbonyl (C=O) groups excluding carboxylic acids is 1. The van der Waals surface area contributed by atoms with E-state index in [1.54, 1.807) is 6.07 Å². The quantitative estimate of drug-likeness (QED) is 0.803. The lowest BCUT2D eigenvalue weighted by Gasteiger charge is -2.21. The molecule has 2 aromatic rings. The van der Waals surface area contributed by atoms with E-state index in [0.717, 1.165) is 38.8 Å². The van der Waals surface area contributed by atoms with Crippen LogP contribution in [0.1, 0.15) is 32.6 Å². The maximum absolute atomic E-state index is 12.6. The lowest BCUT2D eigenvalue weighted by atomic mass is 10.2. The van der Waals surface area contributed by atoms with Crippen molar-refractivity contribution in [3.05, 3.63) is 45.0 Å². The van der Waals surface area contributed by atoms with Gasteiger partial charge in [-0.15, -0.1) is 0 Å². The number of benzene rings is 1. The van der Waals surface area contributed by atoms with E-state index in [-0.39, 0.29) is 12.5 Å². The zero-order valence-corrected chi connectivity index (χ0v) is 14.0. The van der Waals surface area contributed by atoms with Crippen LogP contribution in [-0.2, 0) is 17.9 Å². The molecule has 1 aromatic carbocycles. The van der Waals surface area contributed by atoms with Crippen molar-refractivity contribution < 1.29 is 4.79 Å². The second-order valence-corrected chi connectivity index (χ2v) is 6.22. The molecule has 0 atom stereocenters. The Bertz CT molecular complexity index is 858. The number of para-hydroxylation sites is 2. The van der Waals surface area contributed by atoms with Crippen molar-refractivity contribution in [2.75, 3.05) is 13.1 Å². The Hall–Kier alpha value is -2.37. The lowest BCUT2D eigenvalue weighted by Crippen LogP contribution is -2.44. The normalized spacial score (nSPS) is 15.5. The monoisotopic (exact) mass is 329 g/mol. The minimum atomic E-state index is -0.626. The van der Waals surface area contributed by atoms with Gasteiger partial charge in [0.15, 0.2) is 0 Å². The highest BCUT2D eigenvalue weighted by molar-refractivity contribution is 5.80. The van der Waals surface area contributed by atoms with E-state index >= 15 is 0 Å². The Labute approximate surface area is 140 Å². The van der Waals surface area contributed by atoms with Gasteiger partial charge in [-0.3, -0.25) is 19.0 Å². The Morgan fingerprint density at radius 1 is 0.917 bits per heavy atom. The van der Waals surface area contributed by atoms with Crippen molar-refractivity contribution in [2.45, 2.75) is 45.7 Å². The summed E-state index contributed by atoms with van der Waals surface area (Å²) in [5.41, 5.74) is 0.124. The Kier molecular flexibility index (Phi) is 4.83. The summed E-state index contributed by atoms with van der Waals surface area (Å²) in [6, 6.07) is 7.25. The molecular formula is C18H23N3O3. The highest BCUT2D eigenvalue weighted by Crippen LogP contribution is 2.13. The first-order valence-corrected chi connectivity index (χ1v) is 8.63. The molecule has 0 radical (unpaired) electrons. The van der Waals surface area contributed by atoms with Gasteiger partial charge in [0.25, 0.3) is 0 Å². The van der Waals surface area contributed by atoms with Crippen LogP contribution in [0, 0.1) is 0 Å². The fourth-order valence-corrected chi connectivity index (χ4v) is 3.40. The maximum atomic E-state index is 12.6. The van der Waals surface area contributed by atoms with Crippen LogP contribution in [0.15, 0.2) is 33.9 Å². The highest BCUT2D eigenvalue weighted by atomic mass is 16.2. The number of hydrogen-bond donors (Lipinski definition) is 0. The fraction of sp³-hybridized carbons (Fsp3) is 0.500. The fourth-order valence-electron chi connectivity index (χ4n) is 3.40. The van der Waals surface area contributed by atoms with Crippen LogP contribution in [-0.4, -0.2) is 33.0 Å². The number of aromatic nitrogens is 2. The van der Waals surface area contributed by atoms with Gasteiger partial charge in [-0.1, -0.05) is 25.0 Å². The maximum Gasteiger partial charge on any atom is 0.317 e. The summed E-state index contributed by atoms with van der Waals surface area (Å²) in [6.07, 6.45) is 4.27. The molecule has 1 amide bonds. The Morgan fingerprint density at radius 3 is 2.04 bits per heavy atom. The third kappa shape index (κ3) is 3.00. The van der Waals surface area contributed by atoms with E-state index < -0.39 is 11.1 Å². The van der Waals surface area contributed by atoms with Gasteiger partial charge in [-0.05, 0) is 31.9 Å². The predicted molar refractivity (Wildman–Crippen MR) is 93.2 cm³/mol. The van der Waals surface area contributed by atoms with E-state index in [1.165, 1.54) is 9.13 Å². The smallest absolute Gasteiger partial charge is 0.317 e. The molecule has 0 unspecified atom stereocenters. The van der Waals surface area contributed by atoms with Crippen molar-refractivity contribution in [2.24, 2.45) is 0 Å². The van der Waals surface area contributed by atoms with E-state index in [9.17, 15) is 14.4 Å². The average molecular weight is 329 g/mol. The van der Waals surface area contributed by atoms with Crippen molar-refractivity contribution in [1.29, 1.82) is 0 Å². The Balaban J connectivity index is 2.03. The molecule has 0 aliphatic carbocycles. The molecule has 1 saturated heterocycles. The van der Waals surface area contributed by atoms with E-state index in [2.05, 4.69) is 0 Å². The van der Waals surface area contributed by atoms with Crippen LogP contribution in [0.25, 0.3) is 11.0 Å². The topological polar surface area (TPSA) is 64.3 Å². The van der Waals surface area contributed by atoms with Crippen LogP contribution in [0.4, 0.5) is 0 Å². The molecule has 0 bridgehead atoms. The summed E-state index contributed by atoms with van der Waals surface area (Å²) >= 11 is 0. The highest BCUT2D eigenvalue weighted by Gasteiger charge is 2.19. The molecule has 0 N–H and O–H groups in total. The van der Waals surface area contributed by atoms with Gasteiger partial charge >= 0.3 is 11.1 Å². The van der Waals surface area contributed by atoms with Crippen LogP contribution in [0.5, 0.6) is 0 Å². The van der Waals surface area contributed by atoms with Crippen LogP contribution in [0.3, 0.4) is 0 Å². The van der Waals surface area contributed by atoms with E-state index in [4.69, 9.17) is 0 Å². The van der Waals surface area contributed by atoms with Crippen molar-refractivity contribution in [3.8, 4) is 0 Å². The number of aryl methyl sites for hydroxylation is 1. The number of rotatable bonds is 3. The van der Waals surface area contributed by atoms with Crippen LogP contribution in [0.2, 0.25) is 0 Å². The third-order valence-electron chi connectivity index (χ3n) is 4.70. The van der Waals surface area contributed by atoms with Gasteiger partial charge in [-0.25, -0.2) is 0 Å². The largest absolute Gasteiger partial charge is 0.341 e. The molecule has 3 rings (SSSR count). The first-order chi connectivity index (χ1) is 11.6. The summed E-state index contributed by atoms with van der Waals surface area (Å²) in [4.78, 5) is 39.3. The summed E-state index contributed by atoms with van der Waals surface area (Å²) in [6.45, 7) is 3.66. The molecule has 1 fully saturated rings. The number of amides is 1. The van der Waals surface area contributed by atoms with E-state index in [1.807, 2.05) is 30.0 Å². The molecule has 0 saturated carbocycles. The molecule has 0 spiro atoms. The second-order valence-electron chi connectivity index (χ2n) is 6.22. The van der Waals surface area contributed by atoms with Crippen molar-refractivity contribution in [3.63, 3.8) is 0 Å². The number of hydrogen-bond acceptors (Lipinski definition) is 3. The minimum absolute atomic E-state index is 0.0703. The van der Waals surface area contributed by atoms with Gasteiger partial charge in [0.2, 0.25) is 5.91 Å². The molecule has 128 valence electrons. The first kappa shape index (κ1) is 16.5. The zero-order chi connectivity index (χ0) is 17.1. The summed E-state index contributed by atoms with van der Waals surface area (Å²) in [5, 5.41) is 0. The average Bonchev–Trinajstić information content (AvgIpc) is 2.88. The number of nitrogens with zero attached hydrogens (tertiary/aromatic N) is 3. The number of carbonyl (C=O) groups is 1. The summed E-state index contributed by atoms with van der Waals surface area (Å²) < 4.78 is 2.79. The van der Waals surface area contributed by atoms with Gasteiger partial charge < -0.3 is 9.47 Å². The summed E-state index contributed by atoms with van der Waals surface area (Å²) in [7, 11) is 0. The molecule has 1 aliphatic heterocycles. The molecule has 1 aromatic heterocycles. The van der Waals surface area contributed by atoms with Crippen LogP contribution < -0.4 is 11.1 Å².